The number of nitrogens with one attached hydrogen (secondary N) is 1. The van der Waals surface area contributed by atoms with E-state index >= 15 is 0 Å². The van der Waals surface area contributed by atoms with Gasteiger partial charge in [-0.15, -0.1) is 0 Å². The lowest BCUT2D eigenvalue weighted by molar-refractivity contribution is 0.301. The number of hydrogen-bond donors (Lipinski definition) is 1. The van der Waals surface area contributed by atoms with E-state index < -0.39 is 0 Å². The van der Waals surface area contributed by atoms with E-state index in [2.05, 4.69) is 32.5 Å². The average molecular weight is 349 g/mol. The monoisotopic (exact) mass is 349 g/mol. The second kappa shape index (κ2) is 7.66. The van der Waals surface area contributed by atoms with E-state index in [-0.39, 0.29) is 0 Å². The summed E-state index contributed by atoms with van der Waals surface area (Å²) < 4.78 is 7.81. The van der Waals surface area contributed by atoms with Gasteiger partial charge in [0.15, 0.2) is 0 Å². The summed E-state index contributed by atoms with van der Waals surface area (Å²) in [5, 5.41) is 8.08. The molecule has 1 aliphatic heterocycles. The van der Waals surface area contributed by atoms with Crippen LogP contribution in [-0.2, 0) is 26.1 Å². The van der Waals surface area contributed by atoms with Gasteiger partial charge < -0.3 is 10.1 Å². The first-order valence-corrected chi connectivity index (χ1v) is 9.01. The largest absolute Gasteiger partial charge is 0.487 e. The van der Waals surface area contributed by atoms with Gasteiger partial charge in [-0.2, -0.15) is 5.10 Å². The van der Waals surface area contributed by atoms with Crippen molar-refractivity contribution in [2.24, 2.45) is 0 Å². The molecule has 0 amide bonds. The normalized spacial score (nSPS) is 16.3. The second-order valence-corrected chi connectivity index (χ2v) is 6.63. The van der Waals surface area contributed by atoms with Crippen LogP contribution in [-0.4, -0.2) is 25.8 Å². The van der Waals surface area contributed by atoms with Crippen LogP contribution >= 0.6 is 0 Å². The summed E-state index contributed by atoms with van der Waals surface area (Å²) in [5.74, 6) is 2.83. The van der Waals surface area contributed by atoms with E-state index in [1.807, 2.05) is 41.9 Å². The van der Waals surface area contributed by atoms with Crippen LogP contribution in [0.5, 0.6) is 5.75 Å². The van der Waals surface area contributed by atoms with E-state index in [1.165, 1.54) is 5.56 Å². The Hall–Kier alpha value is -2.73. The number of nitrogens with zero attached hydrogens (tertiary/aromatic N) is 4. The summed E-state index contributed by atoms with van der Waals surface area (Å²) in [6.07, 6.45) is 3.87. The first kappa shape index (κ1) is 16.7. The molecule has 134 valence electrons. The van der Waals surface area contributed by atoms with Gasteiger partial charge in [0, 0.05) is 25.2 Å². The molecule has 0 fully saturated rings. The highest BCUT2D eigenvalue weighted by atomic mass is 16.5. The molecule has 0 spiro atoms. The number of aryl methyl sites for hydroxylation is 2. The summed E-state index contributed by atoms with van der Waals surface area (Å²) in [6.45, 7) is 4.17. The summed E-state index contributed by atoms with van der Waals surface area (Å²) >= 11 is 0. The van der Waals surface area contributed by atoms with E-state index in [9.17, 15) is 0 Å². The highest BCUT2D eigenvalue weighted by molar-refractivity contribution is 5.27. The number of benzene rings is 1. The second-order valence-electron chi connectivity index (χ2n) is 6.63. The maximum atomic E-state index is 5.78. The van der Waals surface area contributed by atoms with E-state index in [0.717, 1.165) is 49.0 Å². The Kier molecular flexibility index (Phi) is 4.93. The molecule has 0 saturated carbocycles. The van der Waals surface area contributed by atoms with Crippen molar-refractivity contribution in [3.63, 3.8) is 0 Å². The fourth-order valence-corrected chi connectivity index (χ4v) is 3.21. The minimum atomic E-state index is 0.434. The van der Waals surface area contributed by atoms with Crippen LogP contribution in [0.4, 0.5) is 0 Å². The van der Waals surface area contributed by atoms with Gasteiger partial charge in [-0.25, -0.2) is 9.67 Å². The quantitative estimate of drug-likeness (QED) is 0.741. The van der Waals surface area contributed by atoms with Gasteiger partial charge in [0.05, 0.1) is 12.2 Å². The molecule has 2 aromatic heterocycles. The Morgan fingerprint density at radius 1 is 1.19 bits per heavy atom. The minimum Gasteiger partial charge on any atom is -0.487 e. The SMILES string of the molecule is Cc1nc2n(n1)CC(NCc1ccc(OCc3ccccn3)cc1)CC2. The summed E-state index contributed by atoms with van der Waals surface area (Å²) in [7, 11) is 0. The number of hydrogen-bond acceptors (Lipinski definition) is 5. The topological polar surface area (TPSA) is 64.9 Å². The third-order valence-corrected chi connectivity index (χ3v) is 4.60. The standard InChI is InChI=1S/C20H23N5O/c1-15-23-20-10-7-17(13-25(20)24-15)22-12-16-5-8-19(9-6-16)26-14-18-4-2-3-11-21-18/h2-6,8-9,11,17,22H,7,10,12-14H2,1H3. The van der Waals surface area contributed by atoms with Gasteiger partial charge in [-0.05, 0) is 43.2 Å². The molecule has 1 atom stereocenters. The number of aromatic nitrogens is 4. The molecular formula is C20H23N5O. The van der Waals surface area contributed by atoms with Crippen molar-refractivity contribution in [2.75, 3.05) is 0 Å². The van der Waals surface area contributed by atoms with Crippen LogP contribution in [0.2, 0.25) is 0 Å². The molecule has 1 aliphatic rings. The summed E-state index contributed by atoms with van der Waals surface area (Å²) in [4.78, 5) is 8.72. The highest BCUT2D eigenvalue weighted by Crippen LogP contribution is 2.16. The van der Waals surface area contributed by atoms with Gasteiger partial charge in [-0.3, -0.25) is 4.98 Å². The van der Waals surface area contributed by atoms with E-state index in [0.29, 0.717) is 12.6 Å². The summed E-state index contributed by atoms with van der Waals surface area (Å²) in [6, 6.07) is 14.5. The molecule has 3 heterocycles. The Bertz CT molecular complexity index is 844. The molecule has 1 aromatic carbocycles. The fourth-order valence-electron chi connectivity index (χ4n) is 3.21. The maximum Gasteiger partial charge on any atom is 0.147 e. The first-order chi connectivity index (χ1) is 12.8. The molecular weight excluding hydrogens is 326 g/mol. The van der Waals surface area contributed by atoms with Crippen LogP contribution in [0.15, 0.2) is 48.7 Å². The van der Waals surface area contributed by atoms with Crippen molar-refractivity contribution in [2.45, 2.75) is 45.5 Å². The molecule has 0 bridgehead atoms. The van der Waals surface area contributed by atoms with E-state index in [1.54, 1.807) is 6.20 Å². The highest BCUT2D eigenvalue weighted by Gasteiger charge is 2.20. The predicted octanol–water partition coefficient (Wildman–Crippen LogP) is 2.67. The zero-order valence-corrected chi connectivity index (χ0v) is 14.9. The number of fused-ring (bicyclic) bond motifs is 1. The van der Waals surface area contributed by atoms with Gasteiger partial charge in [0.25, 0.3) is 0 Å². The Morgan fingerprint density at radius 3 is 2.88 bits per heavy atom. The molecule has 0 aliphatic carbocycles. The van der Waals surface area contributed by atoms with Crippen molar-refractivity contribution in [1.82, 2.24) is 25.1 Å². The third kappa shape index (κ3) is 4.08. The molecule has 6 heteroatoms. The van der Waals surface area contributed by atoms with Crippen LogP contribution in [0.1, 0.15) is 29.3 Å². The van der Waals surface area contributed by atoms with Crippen molar-refractivity contribution >= 4 is 0 Å². The van der Waals surface area contributed by atoms with Crippen molar-refractivity contribution in [1.29, 1.82) is 0 Å². The average Bonchev–Trinajstić information content (AvgIpc) is 3.05. The number of ether oxygens (including phenoxy) is 1. The predicted molar refractivity (Wildman–Crippen MR) is 98.7 cm³/mol. The Balaban J connectivity index is 1.27. The van der Waals surface area contributed by atoms with Crippen LogP contribution in [0.3, 0.4) is 0 Å². The first-order valence-electron chi connectivity index (χ1n) is 9.01. The molecule has 6 nitrogen and oxygen atoms in total. The minimum absolute atomic E-state index is 0.434. The lowest BCUT2D eigenvalue weighted by Gasteiger charge is -2.23. The van der Waals surface area contributed by atoms with Gasteiger partial charge in [0.1, 0.15) is 24.0 Å². The molecule has 1 N–H and O–H groups in total. The zero-order chi connectivity index (χ0) is 17.8. The molecule has 1 unspecified atom stereocenters. The Morgan fingerprint density at radius 2 is 2.08 bits per heavy atom. The van der Waals surface area contributed by atoms with Crippen LogP contribution in [0, 0.1) is 6.92 Å². The molecule has 3 aromatic rings. The van der Waals surface area contributed by atoms with Gasteiger partial charge in [-0.1, -0.05) is 18.2 Å². The lowest BCUT2D eigenvalue weighted by Crippen LogP contribution is -2.37. The van der Waals surface area contributed by atoms with Crippen LogP contribution in [0.25, 0.3) is 0 Å². The number of pyridine rings is 1. The molecule has 0 radical (unpaired) electrons. The van der Waals surface area contributed by atoms with Crippen molar-refractivity contribution < 1.29 is 4.74 Å². The fraction of sp³-hybridized carbons (Fsp3) is 0.350. The molecule has 26 heavy (non-hydrogen) atoms. The third-order valence-electron chi connectivity index (χ3n) is 4.60. The van der Waals surface area contributed by atoms with Gasteiger partial charge in [0.2, 0.25) is 0 Å². The zero-order valence-electron chi connectivity index (χ0n) is 14.9. The number of rotatable bonds is 6. The maximum absolute atomic E-state index is 5.78. The summed E-state index contributed by atoms with van der Waals surface area (Å²) in [5.41, 5.74) is 2.18. The van der Waals surface area contributed by atoms with Gasteiger partial charge >= 0.3 is 0 Å². The smallest absolute Gasteiger partial charge is 0.147 e. The van der Waals surface area contributed by atoms with Crippen LogP contribution < -0.4 is 10.1 Å². The Labute approximate surface area is 153 Å². The van der Waals surface area contributed by atoms with Crippen molar-refractivity contribution in [3.8, 4) is 5.75 Å². The molecule has 0 saturated heterocycles. The lowest BCUT2D eigenvalue weighted by atomic mass is 10.1. The molecule has 4 rings (SSSR count). The van der Waals surface area contributed by atoms with E-state index in [4.69, 9.17) is 4.74 Å². The van der Waals surface area contributed by atoms with Crippen molar-refractivity contribution in [3.05, 3.63) is 71.6 Å².